The topological polar surface area (TPSA) is 43.4 Å². The zero-order chi connectivity index (χ0) is 13.7. The van der Waals surface area contributed by atoms with Gasteiger partial charge in [-0.3, -0.25) is 4.79 Å². The molecule has 0 aliphatic heterocycles. The number of hydrogen-bond donors (Lipinski definition) is 0. The molecule has 4 rings (SSSR count). The molecule has 3 nitrogen and oxygen atoms in total. The molecule has 2 aromatic heterocycles. The third-order valence-electron chi connectivity index (χ3n) is 3.67. The van der Waals surface area contributed by atoms with Crippen LogP contribution in [0.5, 0.6) is 0 Å². The number of aldehydes is 1. The van der Waals surface area contributed by atoms with Crippen molar-refractivity contribution < 1.29 is 13.6 Å². The average Bonchev–Trinajstić information content (AvgIpc) is 3.03. The maximum atomic E-state index is 10.9. The fourth-order valence-corrected chi connectivity index (χ4v) is 2.63. The van der Waals surface area contributed by atoms with Gasteiger partial charge in [-0.15, -0.1) is 0 Å². The fraction of sp³-hybridized carbons (Fsp3) is 0.118. The quantitative estimate of drug-likeness (QED) is 0.492. The van der Waals surface area contributed by atoms with E-state index in [1.54, 1.807) is 6.07 Å². The number of aryl methyl sites for hydroxylation is 1. The zero-order valence-corrected chi connectivity index (χ0v) is 11.0. The molecule has 4 aromatic rings. The van der Waals surface area contributed by atoms with Crippen molar-refractivity contribution in [3.05, 3.63) is 47.7 Å². The number of carbonyl (C=O) groups is 1. The first-order valence-corrected chi connectivity index (χ1v) is 6.62. The third kappa shape index (κ3) is 1.50. The Hall–Kier alpha value is -2.55. The van der Waals surface area contributed by atoms with Crippen LogP contribution in [0.4, 0.5) is 0 Å². The van der Waals surface area contributed by atoms with Gasteiger partial charge in [-0.25, -0.2) is 0 Å². The van der Waals surface area contributed by atoms with Gasteiger partial charge >= 0.3 is 0 Å². The Bertz CT molecular complexity index is 957. The van der Waals surface area contributed by atoms with Gasteiger partial charge < -0.3 is 8.83 Å². The van der Waals surface area contributed by atoms with Gasteiger partial charge in [0.1, 0.15) is 28.8 Å². The maximum absolute atomic E-state index is 10.9. The summed E-state index contributed by atoms with van der Waals surface area (Å²) < 4.78 is 11.6. The van der Waals surface area contributed by atoms with Crippen molar-refractivity contribution in [2.24, 2.45) is 0 Å². The summed E-state index contributed by atoms with van der Waals surface area (Å²) >= 11 is 0. The zero-order valence-electron chi connectivity index (χ0n) is 11.0. The molecule has 98 valence electrons. The molecule has 0 saturated carbocycles. The second-order valence-electron chi connectivity index (χ2n) is 4.93. The summed E-state index contributed by atoms with van der Waals surface area (Å²) in [7, 11) is 0. The van der Waals surface area contributed by atoms with Gasteiger partial charge in [0.2, 0.25) is 0 Å². The van der Waals surface area contributed by atoms with Gasteiger partial charge in [0.05, 0.1) is 0 Å². The summed E-state index contributed by atoms with van der Waals surface area (Å²) in [6.07, 6.45) is 1.71. The van der Waals surface area contributed by atoms with Gasteiger partial charge in [-0.1, -0.05) is 6.92 Å². The van der Waals surface area contributed by atoms with E-state index in [4.69, 9.17) is 8.83 Å². The molecule has 3 heteroatoms. The van der Waals surface area contributed by atoms with Crippen LogP contribution in [0.25, 0.3) is 32.9 Å². The van der Waals surface area contributed by atoms with Gasteiger partial charge in [-0.05, 0) is 36.4 Å². The molecule has 0 aliphatic carbocycles. The van der Waals surface area contributed by atoms with E-state index in [1.807, 2.05) is 30.3 Å². The summed E-state index contributed by atoms with van der Waals surface area (Å²) in [5, 5.41) is 2.97. The number of rotatable bonds is 2. The van der Waals surface area contributed by atoms with E-state index in [0.29, 0.717) is 5.56 Å². The minimum absolute atomic E-state index is 0.647. The molecule has 0 spiro atoms. The van der Waals surface area contributed by atoms with Crippen molar-refractivity contribution in [2.45, 2.75) is 13.3 Å². The third-order valence-corrected chi connectivity index (χ3v) is 3.67. The number of benzene rings is 2. The first-order chi connectivity index (χ1) is 9.78. The van der Waals surface area contributed by atoms with Gasteiger partial charge in [0.25, 0.3) is 0 Å². The first-order valence-electron chi connectivity index (χ1n) is 6.62. The SMILES string of the molecule is CCc1cc2cc3oc4ccc(C=O)cc4c3cc2o1. The van der Waals surface area contributed by atoms with Gasteiger partial charge in [0.15, 0.2) is 0 Å². The molecule has 20 heavy (non-hydrogen) atoms. The van der Waals surface area contributed by atoms with Crippen molar-refractivity contribution in [2.75, 3.05) is 0 Å². The molecule has 0 fully saturated rings. The second kappa shape index (κ2) is 3.97. The predicted octanol–water partition coefficient (Wildman–Crippen LogP) is 4.71. The number of fused-ring (bicyclic) bond motifs is 4. The lowest BCUT2D eigenvalue weighted by atomic mass is 10.1. The van der Waals surface area contributed by atoms with Crippen LogP contribution in [0.2, 0.25) is 0 Å². The molecule has 0 unspecified atom stereocenters. The van der Waals surface area contributed by atoms with Crippen molar-refractivity contribution in [3.63, 3.8) is 0 Å². The Morgan fingerprint density at radius 1 is 0.950 bits per heavy atom. The molecular weight excluding hydrogens is 252 g/mol. The first kappa shape index (κ1) is 11.3. The monoisotopic (exact) mass is 264 g/mol. The second-order valence-corrected chi connectivity index (χ2v) is 4.93. The summed E-state index contributed by atoms with van der Waals surface area (Å²) in [5.74, 6) is 0.963. The standard InChI is InChI=1S/C17H12O3/c1-2-12-6-11-7-17-14(8-16(11)19-12)13-5-10(9-18)3-4-15(13)20-17/h3-9H,2H2,1H3. The minimum Gasteiger partial charge on any atom is -0.461 e. The summed E-state index contributed by atoms with van der Waals surface area (Å²) in [4.78, 5) is 10.9. The molecule has 0 amide bonds. The highest BCUT2D eigenvalue weighted by Crippen LogP contribution is 2.33. The Morgan fingerprint density at radius 2 is 1.80 bits per heavy atom. The highest BCUT2D eigenvalue weighted by Gasteiger charge is 2.11. The van der Waals surface area contributed by atoms with Crippen molar-refractivity contribution in [3.8, 4) is 0 Å². The van der Waals surface area contributed by atoms with Gasteiger partial charge in [0, 0.05) is 28.1 Å². The molecule has 0 aliphatic rings. The highest BCUT2D eigenvalue weighted by atomic mass is 16.3. The minimum atomic E-state index is 0.647. The van der Waals surface area contributed by atoms with E-state index in [1.165, 1.54) is 0 Å². The summed E-state index contributed by atoms with van der Waals surface area (Å²) in [6, 6.07) is 11.5. The lowest BCUT2D eigenvalue weighted by Crippen LogP contribution is -1.76. The largest absolute Gasteiger partial charge is 0.461 e. The Kier molecular flexibility index (Phi) is 2.24. The predicted molar refractivity (Wildman–Crippen MR) is 78.3 cm³/mol. The van der Waals surface area contributed by atoms with E-state index in [0.717, 1.165) is 51.4 Å². The molecule has 0 atom stereocenters. The molecule has 0 saturated heterocycles. The van der Waals surface area contributed by atoms with Crippen LogP contribution >= 0.6 is 0 Å². The van der Waals surface area contributed by atoms with E-state index in [9.17, 15) is 4.79 Å². The van der Waals surface area contributed by atoms with E-state index in [2.05, 4.69) is 6.92 Å². The molecule has 0 radical (unpaired) electrons. The van der Waals surface area contributed by atoms with Crippen LogP contribution in [0, 0.1) is 0 Å². The lowest BCUT2D eigenvalue weighted by molar-refractivity contribution is 0.112. The fourth-order valence-electron chi connectivity index (χ4n) is 2.63. The van der Waals surface area contributed by atoms with E-state index >= 15 is 0 Å². The van der Waals surface area contributed by atoms with Gasteiger partial charge in [-0.2, -0.15) is 0 Å². The van der Waals surface area contributed by atoms with Crippen LogP contribution in [0.15, 0.2) is 45.2 Å². The van der Waals surface area contributed by atoms with Crippen molar-refractivity contribution in [1.29, 1.82) is 0 Å². The Balaban J connectivity index is 2.11. The van der Waals surface area contributed by atoms with Crippen LogP contribution in [0.1, 0.15) is 23.0 Å². The number of hydrogen-bond acceptors (Lipinski definition) is 3. The van der Waals surface area contributed by atoms with Crippen LogP contribution in [-0.2, 0) is 6.42 Å². The normalized spacial score (nSPS) is 11.7. The van der Waals surface area contributed by atoms with Crippen molar-refractivity contribution >= 4 is 39.2 Å². The summed E-state index contributed by atoms with van der Waals surface area (Å²) in [6.45, 7) is 2.06. The summed E-state index contributed by atoms with van der Waals surface area (Å²) in [5.41, 5.74) is 3.11. The average molecular weight is 264 g/mol. The van der Waals surface area contributed by atoms with Crippen LogP contribution in [-0.4, -0.2) is 6.29 Å². The number of carbonyl (C=O) groups excluding carboxylic acids is 1. The molecular formula is C17H12O3. The van der Waals surface area contributed by atoms with E-state index in [-0.39, 0.29) is 0 Å². The van der Waals surface area contributed by atoms with E-state index < -0.39 is 0 Å². The Labute approximate surface area is 114 Å². The number of furan rings is 2. The van der Waals surface area contributed by atoms with Crippen LogP contribution < -0.4 is 0 Å². The maximum Gasteiger partial charge on any atom is 0.150 e. The van der Waals surface area contributed by atoms with Crippen LogP contribution in [0.3, 0.4) is 0 Å². The molecule has 2 aromatic carbocycles. The molecule has 2 heterocycles. The highest BCUT2D eigenvalue weighted by molar-refractivity contribution is 6.10. The molecule has 0 bridgehead atoms. The molecule has 0 N–H and O–H groups in total. The smallest absolute Gasteiger partial charge is 0.150 e. The lowest BCUT2D eigenvalue weighted by Gasteiger charge is -1.91. The Morgan fingerprint density at radius 3 is 2.60 bits per heavy atom. The van der Waals surface area contributed by atoms with Crippen molar-refractivity contribution in [1.82, 2.24) is 0 Å².